The lowest BCUT2D eigenvalue weighted by atomic mass is 9.95. The summed E-state index contributed by atoms with van der Waals surface area (Å²) in [5.74, 6) is -2.35. The topological polar surface area (TPSA) is 88.0 Å². The normalized spacial score (nSPS) is 20.3. The molecule has 45 heavy (non-hydrogen) atoms. The summed E-state index contributed by atoms with van der Waals surface area (Å²) in [4.78, 5) is 50.4. The largest absolute Gasteiger partial charge is 0.484 e. The third-order valence-corrected chi connectivity index (χ3v) is 9.33. The number of rotatable bonds is 1. The van der Waals surface area contributed by atoms with Gasteiger partial charge in [0.2, 0.25) is 5.91 Å². The molecule has 0 aliphatic carbocycles. The van der Waals surface area contributed by atoms with Gasteiger partial charge in [-0.2, -0.15) is 0 Å². The first-order valence-electron chi connectivity index (χ1n) is 14.5. The van der Waals surface area contributed by atoms with E-state index in [1.165, 1.54) is 46.9 Å². The molecule has 5 heterocycles. The van der Waals surface area contributed by atoms with Crippen LogP contribution in [0.25, 0.3) is 27.7 Å². The number of nitrogens with zero attached hydrogens (tertiary/aromatic N) is 5. The number of benzene rings is 2. The Balaban J connectivity index is 1.66. The number of fused-ring (bicyclic) bond motifs is 9. The summed E-state index contributed by atoms with van der Waals surface area (Å²) in [5.41, 5.74) is 0.281. The maximum absolute atomic E-state index is 17.3. The Morgan fingerprint density at radius 2 is 1.87 bits per heavy atom. The number of hydrogen-bond acceptors (Lipinski definition) is 6. The molecule has 230 valence electrons. The van der Waals surface area contributed by atoms with Gasteiger partial charge in [0.1, 0.15) is 35.1 Å². The fraction of sp³-hybridized carbons (Fsp3) is 0.273. The molecule has 2 aromatic heterocycles. The van der Waals surface area contributed by atoms with Crippen molar-refractivity contribution in [2.45, 2.75) is 39.0 Å². The summed E-state index contributed by atoms with van der Waals surface area (Å²) >= 11 is 6.84. The van der Waals surface area contributed by atoms with Crippen LogP contribution in [0.5, 0.6) is 5.75 Å². The highest BCUT2D eigenvalue weighted by molar-refractivity contribution is 6.35. The van der Waals surface area contributed by atoms with Gasteiger partial charge in [0.25, 0.3) is 11.5 Å². The van der Waals surface area contributed by atoms with Gasteiger partial charge in [0, 0.05) is 36.8 Å². The number of hydrogen-bond donors (Lipinski definition) is 0. The highest BCUT2D eigenvalue weighted by Gasteiger charge is 2.46. The molecule has 2 aromatic carbocycles. The molecular formula is C33H28ClF2N5O4. The van der Waals surface area contributed by atoms with E-state index in [1.54, 1.807) is 35.9 Å². The molecule has 7 rings (SSSR count). The molecule has 1 unspecified atom stereocenters. The summed E-state index contributed by atoms with van der Waals surface area (Å²) in [5, 5.41) is 0.139. The molecule has 1 fully saturated rings. The van der Waals surface area contributed by atoms with Crippen molar-refractivity contribution in [3.05, 3.63) is 87.5 Å². The number of pyridine rings is 2. The minimum absolute atomic E-state index is 0.0223. The predicted octanol–water partition coefficient (Wildman–Crippen LogP) is 5.31. The van der Waals surface area contributed by atoms with Crippen LogP contribution >= 0.6 is 11.6 Å². The molecular weight excluding hydrogens is 604 g/mol. The second-order valence-electron chi connectivity index (χ2n) is 11.6. The van der Waals surface area contributed by atoms with Crippen molar-refractivity contribution in [2.75, 3.05) is 29.9 Å². The van der Waals surface area contributed by atoms with Crippen LogP contribution in [0.1, 0.15) is 31.2 Å². The molecule has 3 aliphatic heterocycles. The maximum atomic E-state index is 17.3. The van der Waals surface area contributed by atoms with E-state index < -0.39 is 35.2 Å². The molecule has 0 radical (unpaired) electrons. The van der Waals surface area contributed by atoms with Crippen molar-refractivity contribution < 1.29 is 23.1 Å². The minimum Gasteiger partial charge on any atom is -0.484 e. The van der Waals surface area contributed by atoms with Crippen molar-refractivity contribution >= 4 is 45.7 Å². The number of halogens is 3. The van der Waals surface area contributed by atoms with Crippen LogP contribution in [-0.4, -0.2) is 58.5 Å². The Kier molecular flexibility index (Phi) is 6.52. The molecule has 2 amide bonds. The average molecular weight is 632 g/mol. The summed E-state index contributed by atoms with van der Waals surface area (Å²) in [7, 11) is 1.48. The number of piperazine rings is 1. The molecule has 1 saturated heterocycles. The Morgan fingerprint density at radius 1 is 1.11 bits per heavy atom. The van der Waals surface area contributed by atoms with E-state index in [4.69, 9.17) is 16.3 Å². The number of likely N-dealkylation sites (N-methyl/N-ethyl adjacent to an activating group) is 1. The monoisotopic (exact) mass is 631 g/mol. The lowest BCUT2D eigenvalue weighted by Gasteiger charge is -2.50. The number of amides is 2. The first-order chi connectivity index (χ1) is 21.5. The van der Waals surface area contributed by atoms with Gasteiger partial charge in [-0.05, 0) is 56.7 Å². The van der Waals surface area contributed by atoms with Crippen LogP contribution in [0.3, 0.4) is 0 Å². The van der Waals surface area contributed by atoms with Crippen molar-refractivity contribution in [1.29, 1.82) is 0 Å². The number of aromatic nitrogens is 2. The summed E-state index contributed by atoms with van der Waals surface area (Å²) in [6.45, 7) is 9.09. The third-order valence-electron chi connectivity index (χ3n) is 9.03. The lowest BCUT2D eigenvalue weighted by Crippen LogP contribution is -2.66. The lowest BCUT2D eigenvalue weighted by molar-refractivity contribution is -0.130. The zero-order valence-electron chi connectivity index (χ0n) is 24.9. The summed E-state index contributed by atoms with van der Waals surface area (Å²) in [6, 6.07) is 6.15. The van der Waals surface area contributed by atoms with Crippen LogP contribution in [0.4, 0.5) is 20.2 Å². The zero-order chi connectivity index (χ0) is 32.1. The van der Waals surface area contributed by atoms with Gasteiger partial charge in [0.15, 0.2) is 5.82 Å². The molecule has 0 spiro atoms. The Bertz CT molecular complexity index is 2060. The molecule has 0 saturated carbocycles. The first-order valence-corrected chi connectivity index (χ1v) is 14.8. The molecule has 0 N–H and O–H groups in total. The quantitative estimate of drug-likeness (QED) is 0.265. The van der Waals surface area contributed by atoms with Crippen molar-refractivity contribution in [2.24, 2.45) is 0 Å². The molecule has 3 atom stereocenters. The Hall–Kier alpha value is -4.77. The molecule has 12 heteroatoms. The number of carbonyl (C=O) groups excluding carboxylic acids is 2. The van der Waals surface area contributed by atoms with Crippen LogP contribution in [0, 0.1) is 18.6 Å². The SMILES string of the molecule is C=CC(=O)N1C[C@@H]2C(=O)N(C)c3c(c4cc(Cl)c5c(F)c4n(c3=O)-c3c(C)ccnc3C(C)Oc3cccc(F)c3-5)N2C[C@H]1C. The van der Waals surface area contributed by atoms with Gasteiger partial charge in [0.05, 0.1) is 34.0 Å². The van der Waals surface area contributed by atoms with E-state index >= 15 is 8.78 Å². The van der Waals surface area contributed by atoms with Crippen LogP contribution in [-0.2, 0) is 9.59 Å². The Morgan fingerprint density at radius 3 is 2.60 bits per heavy atom. The van der Waals surface area contributed by atoms with E-state index in [1.807, 2.05) is 6.92 Å². The van der Waals surface area contributed by atoms with E-state index in [2.05, 4.69) is 11.6 Å². The van der Waals surface area contributed by atoms with Crippen LogP contribution < -0.4 is 20.1 Å². The summed E-state index contributed by atoms with van der Waals surface area (Å²) < 4.78 is 40.3. The number of anilines is 2. The van der Waals surface area contributed by atoms with Gasteiger partial charge >= 0.3 is 0 Å². The second-order valence-corrected chi connectivity index (χ2v) is 12.0. The zero-order valence-corrected chi connectivity index (χ0v) is 25.7. The fourth-order valence-corrected chi connectivity index (χ4v) is 7.21. The molecule has 2 bridgehead atoms. The molecule has 4 aromatic rings. The standard InChI is InChI=1S/C33H28ClF2N5O4/c1-6-23(42)39-14-21-32(43)38(5)31-30(40(21)13-16(39)3)18-12-19(34)24-25-20(35)8-7-9-22(25)45-17(4)27-28(15(2)10-11-37-27)41(33(31)44)29(18)26(24)36/h6-12,16-17,21H,1,13-14H2,2-5H3/t16-,17?,21-/m1/s1. The Labute approximate surface area is 261 Å². The van der Waals surface area contributed by atoms with Gasteiger partial charge in [-0.25, -0.2) is 8.78 Å². The van der Waals surface area contributed by atoms with Crippen LogP contribution in [0.15, 0.2) is 54.0 Å². The van der Waals surface area contributed by atoms with E-state index in [9.17, 15) is 14.4 Å². The van der Waals surface area contributed by atoms with Crippen molar-refractivity contribution in [1.82, 2.24) is 14.5 Å². The van der Waals surface area contributed by atoms with E-state index in [0.29, 0.717) is 16.9 Å². The van der Waals surface area contributed by atoms with Crippen molar-refractivity contribution in [3.8, 4) is 22.6 Å². The van der Waals surface area contributed by atoms with Crippen molar-refractivity contribution in [3.63, 3.8) is 0 Å². The van der Waals surface area contributed by atoms with E-state index in [0.717, 1.165) is 0 Å². The highest BCUT2D eigenvalue weighted by atomic mass is 35.5. The van der Waals surface area contributed by atoms with Gasteiger partial charge < -0.3 is 19.4 Å². The fourth-order valence-electron chi connectivity index (χ4n) is 6.92. The number of ether oxygens (including phenoxy) is 1. The first kappa shape index (κ1) is 29.0. The highest BCUT2D eigenvalue weighted by Crippen LogP contribution is 2.49. The summed E-state index contributed by atoms with van der Waals surface area (Å²) in [6.07, 6.45) is 1.95. The second kappa shape index (κ2) is 10.1. The van der Waals surface area contributed by atoms with Gasteiger partial charge in [-0.15, -0.1) is 0 Å². The molecule has 3 aliphatic rings. The predicted molar refractivity (Wildman–Crippen MR) is 167 cm³/mol. The van der Waals surface area contributed by atoms with Gasteiger partial charge in [-0.3, -0.25) is 23.9 Å². The van der Waals surface area contributed by atoms with Gasteiger partial charge in [-0.1, -0.05) is 24.2 Å². The minimum atomic E-state index is -0.930. The maximum Gasteiger partial charge on any atom is 0.281 e. The van der Waals surface area contributed by atoms with E-state index in [-0.39, 0.29) is 69.2 Å². The molecule has 9 nitrogen and oxygen atoms in total. The third kappa shape index (κ3) is 3.96. The van der Waals surface area contributed by atoms with Crippen LogP contribution in [0.2, 0.25) is 5.02 Å². The smallest absolute Gasteiger partial charge is 0.281 e. The average Bonchev–Trinajstić information content (AvgIpc) is 3.00. The number of carbonyl (C=O) groups is 2. The number of aryl methyl sites for hydroxylation is 1.